The van der Waals surface area contributed by atoms with Gasteiger partial charge in [-0.2, -0.15) is 0 Å². The van der Waals surface area contributed by atoms with Crippen molar-refractivity contribution in [3.8, 4) is 5.75 Å². The number of hydrogen-bond donors (Lipinski definition) is 4. The standard InChI is InChI=1S/C8H6Cl2O3.C6H15NO3/c9-5-2-1-3-6(10)8(5)13-4-7(11)12;8-4-1-7(2-5-9)3-6-10/h1-3H,4H2,(H,11,12);8-10H,1-6H2. The van der Waals surface area contributed by atoms with E-state index >= 15 is 0 Å². The Hall–Kier alpha value is -1.09. The molecule has 132 valence electrons. The van der Waals surface area contributed by atoms with Gasteiger partial charge in [0.05, 0.1) is 29.9 Å². The molecule has 1 rings (SSSR count). The van der Waals surface area contributed by atoms with Crippen molar-refractivity contribution in [1.82, 2.24) is 4.90 Å². The lowest BCUT2D eigenvalue weighted by Gasteiger charge is -2.17. The monoisotopic (exact) mass is 369 g/mol. The van der Waals surface area contributed by atoms with Gasteiger partial charge in [0.1, 0.15) is 0 Å². The highest BCUT2D eigenvalue weighted by Gasteiger charge is 2.07. The highest BCUT2D eigenvalue weighted by Crippen LogP contribution is 2.32. The fourth-order valence-electron chi connectivity index (χ4n) is 1.51. The van der Waals surface area contributed by atoms with Crippen molar-refractivity contribution < 1.29 is 30.0 Å². The molecule has 0 saturated heterocycles. The van der Waals surface area contributed by atoms with E-state index in [0.717, 1.165) is 0 Å². The second kappa shape index (κ2) is 13.4. The van der Waals surface area contributed by atoms with Gasteiger partial charge in [0.15, 0.2) is 12.4 Å². The van der Waals surface area contributed by atoms with E-state index < -0.39 is 12.6 Å². The predicted molar refractivity (Wildman–Crippen MR) is 87.3 cm³/mol. The van der Waals surface area contributed by atoms with E-state index in [-0.39, 0.29) is 25.6 Å². The Balaban J connectivity index is 0.000000438. The fraction of sp³-hybridized carbons (Fsp3) is 0.500. The highest BCUT2D eigenvalue weighted by atomic mass is 35.5. The number of aliphatic hydroxyl groups excluding tert-OH is 3. The Morgan fingerprint density at radius 2 is 1.43 bits per heavy atom. The lowest BCUT2D eigenvalue weighted by Crippen LogP contribution is -2.32. The van der Waals surface area contributed by atoms with Crippen LogP contribution in [-0.2, 0) is 4.79 Å². The number of carboxylic acids is 1. The van der Waals surface area contributed by atoms with Gasteiger partial charge in [0, 0.05) is 19.6 Å². The Morgan fingerprint density at radius 3 is 1.78 bits per heavy atom. The van der Waals surface area contributed by atoms with E-state index in [1.165, 1.54) is 0 Å². The van der Waals surface area contributed by atoms with Crippen molar-refractivity contribution in [2.75, 3.05) is 46.1 Å². The zero-order valence-electron chi connectivity index (χ0n) is 12.5. The second-order valence-corrected chi connectivity index (χ2v) is 5.06. The molecular weight excluding hydrogens is 349 g/mol. The number of rotatable bonds is 9. The topological polar surface area (TPSA) is 110 Å². The lowest BCUT2D eigenvalue weighted by molar-refractivity contribution is -0.139. The first-order valence-electron chi connectivity index (χ1n) is 6.79. The first kappa shape index (κ1) is 21.9. The van der Waals surface area contributed by atoms with Crippen LogP contribution >= 0.6 is 23.2 Å². The molecule has 0 amide bonds. The van der Waals surface area contributed by atoms with Crippen LogP contribution in [0.1, 0.15) is 0 Å². The molecule has 23 heavy (non-hydrogen) atoms. The SMILES string of the molecule is O=C(O)COc1c(Cl)cccc1Cl.OCCN(CCO)CCO. The second-order valence-electron chi connectivity index (χ2n) is 4.25. The molecule has 0 aliphatic rings. The maximum absolute atomic E-state index is 10.2. The molecule has 1 aromatic rings. The number of halogens is 2. The van der Waals surface area contributed by atoms with Crippen LogP contribution in [0.15, 0.2) is 18.2 Å². The van der Waals surface area contributed by atoms with Gasteiger partial charge in [0.2, 0.25) is 0 Å². The molecule has 9 heteroatoms. The molecule has 0 unspecified atom stereocenters. The summed E-state index contributed by atoms with van der Waals surface area (Å²) >= 11 is 11.4. The minimum atomic E-state index is -1.07. The molecule has 7 nitrogen and oxygen atoms in total. The van der Waals surface area contributed by atoms with Crippen LogP contribution in [0.4, 0.5) is 0 Å². The number of para-hydroxylation sites is 1. The average molecular weight is 370 g/mol. The van der Waals surface area contributed by atoms with Crippen LogP contribution in [0.25, 0.3) is 0 Å². The normalized spacial score (nSPS) is 10.2. The molecule has 1 aromatic carbocycles. The number of benzene rings is 1. The van der Waals surface area contributed by atoms with E-state index in [2.05, 4.69) is 0 Å². The summed E-state index contributed by atoms with van der Waals surface area (Å²) in [6.45, 7) is 1.30. The summed E-state index contributed by atoms with van der Waals surface area (Å²) < 4.78 is 4.87. The van der Waals surface area contributed by atoms with Gasteiger partial charge in [-0.25, -0.2) is 4.79 Å². The third-order valence-electron chi connectivity index (χ3n) is 2.51. The van der Waals surface area contributed by atoms with E-state index in [0.29, 0.717) is 29.7 Å². The Morgan fingerprint density at radius 1 is 1.00 bits per heavy atom. The van der Waals surface area contributed by atoms with Crippen LogP contribution in [0, 0.1) is 0 Å². The number of carbonyl (C=O) groups is 1. The number of hydrogen-bond acceptors (Lipinski definition) is 6. The van der Waals surface area contributed by atoms with Gasteiger partial charge < -0.3 is 25.2 Å². The molecule has 0 aliphatic carbocycles. The predicted octanol–water partition coefficient (Wildman–Crippen LogP) is 0.722. The summed E-state index contributed by atoms with van der Waals surface area (Å²) in [5, 5.41) is 34.4. The van der Waals surface area contributed by atoms with Gasteiger partial charge in [-0.1, -0.05) is 29.3 Å². The number of aliphatic hydroxyl groups is 3. The van der Waals surface area contributed by atoms with Crippen molar-refractivity contribution in [2.24, 2.45) is 0 Å². The van der Waals surface area contributed by atoms with Crippen LogP contribution in [0.5, 0.6) is 5.75 Å². The minimum Gasteiger partial charge on any atom is -0.479 e. The summed E-state index contributed by atoms with van der Waals surface area (Å²) in [5.41, 5.74) is 0. The molecule has 0 bridgehead atoms. The van der Waals surface area contributed by atoms with Crippen molar-refractivity contribution in [3.63, 3.8) is 0 Å². The Kier molecular flexibility index (Phi) is 12.7. The van der Waals surface area contributed by atoms with E-state index in [1.54, 1.807) is 23.1 Å². The molecule has 0 radical (unpaired) electrons. The van der Waals surface area contributed by atoms with Crippen LogP contribution in [0.2, 0.25) is 10.0 Å². The smallest absolute Gasteiger partial charge is 0.341 e. The molecule has 4 N–H and O–H groups in total. The molecule has 0 aromatic heterocycles. The molecule has 0 saturated carbocycles. The van der Waals surface area contributed by atoms with Gasteiger partial charge in [-0.15, -0.1) is 0 Å². The Bertz CT molecular complexity index is 426. The summed E-state index contributed by atoms with van der Waals surface area (Å²) in [6, 6.07) is 4.80. The molecular formula is C14H21Cl2NO6. The van der Waals surface area contributed by atoms with E-state index in [4.69, 9.17) is 48.4 Å². The van der Waals surface area contributed by atoms with E-state index in [1.807, 2.05) is 0 Å². The molecule has 0 atom stereocenters. The zero-order valence-corrected chi connectivity index (χ0v) is 14.0. The largest absolute Gasteiger partial charge is 0.479 e. The Labute approximate surface area is 144 Å². The van der Waals surface area contributed by atoms with E-state index in [9.17, 15) is 4.79 Å². The van der Waals surface area contributed by atoms with Gasteiger partial charge in [-0.3, -0.25) is 4.90 Å². The first-order chi connectivity index (χ1) is 11.0. The number of nitrogens with zero attached hydrogens (tertiary/aromatic N) is 1. The van der Waals surface area contributed by atoms with Crippen molar-refractivity contribution in [2.45, 2.75) is 0 Å². The number of aliphatic carboxylic acids is 1. The zero-order chi connectivity index (χ0) is 17.7. The summed E-state index contributed by atoms with van der Waals surface area (Å²) in [6.07, 6.45) is 0. The number of ether oxygens (including phenoxy) is 1. The maximum atomic E-state index is 10.2. The van der Waals surface area contributed by atoms with Crippen LogP contribution in [0.3, 0.4) is 0 Å². The summed E-state index contributed by atoms with van der Waals surface area (Å²) in [5.74, 6) is -0.871. The van der Waals surface area contributed by atoms with Crippen molar-refractivity contribution in [1.29, 1.82) is 0 Å². The lowest BCUT2D eigenvalue weighted by atomic mass is 10.3. The maximum Gasteiger partial charge on any atom is 0.341 e. The quantitative estimate of drug-likeness (QED) is 0.507. The molecule has 0 spiro atoms. The number of carboxylic acid groups (broad SMARTS) is 1. The molecule has 0 fully saturated rings. The fourth-order valence-corrected chi connectivity index (χ4v) is 2.02. The summed E-state index contributed by atoms with van der Waals surface area (Å²) in [4.78, 5) is 12.0. The van der Waals surface area contributed by atoms with Gasteiger partial charge in [0.25, 0.3) is 0 Å². The van der Waals surface area contributed by atoms with Crippen LogP contribution in [-0.4, -0.2) is 77.4 Å². The molecule has 0 aliphatic heterocycles. The average Bonchev–Trinajstić information content (AvgIpc) is 2.48. The van der Waals surface area contributed by atoms with Crippen molar-refractivity contribution in [3.05, 3.63) is 28.2 Å². The first-order valence-corrected chi connectivity index (χ1v) is 7.55. The van der Waals surface area contributed by atoms with Gasteiger partial charge in [-0.05, 0) is 12.1 Å². The summed E-state index contributed by atoms with van der Waals surface area (Å²) in [7, 11) is 0. The third-order valence-corrected chi connectivity index (χ3v) is 3.10. The highest BCUT2D eigenvalue weighted by molar-refractivity contribution is 6.37. The minimum absolute atomic E-state index is 0.0694. The molecule has 0 heterocycles. The third kappa shape index (κ3) is 10.3. The van der Waals surface area contributed by atoms with Crippen molar-refractivity contribution >= 4 is 29.2 Å². The van der Waals surface area contributed by atoms with Gasteiger partial charge >= 0.3 is 5.97 Å². The van der Waals surface area contributed by atoms with Crippen LogP contribution < -0.4 is 4.74 Å².